The van der Waals surface area contributed by atoms with E-state index in [1.165, 1.54) is 23.9 Å². The number of carbonyl (C=O) groups is 1. The molecule has 0 radical (unpaired) electrons. The molecular formula is C23H20FN5OS. The van der Waals surface area contributed by atoms with E-state index in [1.807, 2.05) is 47.9 Å². The number of rotatable bonds is 7. The van der Waals surface area contributed by atoms with Crippen LogP contribution in [0.1, 0.15) is 11.1 Å². The van der Waals surface area contributed by atoms with Gasteiger partial charge in [0.15, 0.2) is 11.0 Å². The monoisotopic (exact) mass is 433 g/mol. The van der Waals surface area contributed by atoms with Crippen LogP contribution in [0.15, 0.2) is 78.2 Å². The van der Waals surface area contributed by atoms with Gasteiger partial charge in [-0.05, 0) is 48.9 Å². The largest absolute Gasteiger partial charge is 0.351 e. The Morgan fingerprint density at radius 3 is 2.42 bits per heavy atom. The SMILES string of the molecule is Cc1ccc(-n2c(SCC(=O)NCc3ccc(F)cc3)nnc2-c2ccncc2)cc1. The number of pyridine rings is 1. The van der Waals surface area contributed by atoms with Crippen molar-refractivity contribution in [3.05, 3.63) is 90.0 Å². The minimum absolute atomic E-state index is 0.141. The van der Waals surface area contributed by atoms with Gasteiger partial charge >= 0.3 is 0 Å². The summed E-state index contributed by atoms with van der Waals surface area (Å²) in [5.41, 5.74) is 3.78. The van der Waals surface area contributed by atoms with E-state index in [0.717, 1.165) is 22.4 Å². The van der Waals surface area contributed by atoms with Crippen LogP contribution in [-0.2, 0) is 11.3 Å². The van der Waals surface area contributed by atoms with E-state index in [9.17, 15) is 9.18 Å². The Hall–Kier alpha value is -3.52. The van der Waals surface area contributed by atoms with Gasteiger partial charge in [-0.15, -0.1) is 10.2 Å². The van der Waals surface area contributed by atoms with Crippen molar-refractivity contribution in [3.8, 4) is 17.1 Å². The average molecular weight is 434 g/mol. The van der Waals surface area contributed by atoms with Gasteiger partial charge in [0, 0.05) is 30.2 Å². The highest BCUT2D eigenvalue weighted by molar-refractivity contribution is 7.99. The summed E-state index contributed by atoms with van der Waals surface area (Å²) in [6.07, 6.45) is 3.42. The number of nitrogens with zero attached hydrogens (tertiary/aromatic N) is 4. The summed E-state index contributed by atoms with van der Waals surface area (Å²) in [5.74, 6) is 0.423. The third kappa shape index (κ3) is 5.16. The molecule has 4 aromatic rings. The second-order valence-corrected chi connectivity index (χ2v) is 7.85. The van der Waals surface area contributed by atoms with Crippen LogP contribution in [0, 0.1) is 12.7 Å². The third-order valence-corrected chi connectivity index (χ3v) is 5.53. The number of hydrogen-bond donors (Lipinski definition) is 1. The fourth-order valence-electron chi connectivity index (χ4n) is 2.96. The summed E-state index contributed by atoms with van der Waals surface area (Å²) < 4.78 is 14.9. The molecular weight excluding hydrogens is 413 g/mol. The number of thioether (sulfide) groups is 1. The molecule has 0 aliphatic heterocycles. The van der Waals surface area contributed by atoms with Gasteiger partial charge in [0.2, 0.25) is 5.91 Å². The molecule has 0 spiro atoms. The van der Waals surface area contributed by atoms with E-state index in [0.29, 0.717) is 17.5 Å². The molecule has 0 bridgehead atoms. The second-order valence-electron chi connectivity index (χ2n) is 6.90. The Morgan fingerprint density at radius 2 is 1.71 bits per heavy atom. The van der Waals surface area contributed by atoms with Gasteiger partial charge in [-0.25, -0.2) is 4.39 Å². The maximum atomic E-state index is 13.0. The lowest BCUT2D eigenvalue weighted by Crippen LogP contribution is -2.24. The first-order valence-corrected chi connectivity index (χ1v) is 10.7. The molecule has 2 aromatic heterocycles. The fraction of sp³-hybridized carbons (Fsp3) is 0.130. The summed E-state index contributed by atoms with van der Waals surface area (Å²) in [4.78, 5) is 16.4. The lowest BCUT2D eigenvalue weighted by atomic mass is 10.2. The molecule has 8 heteroatoms. The molecule has 0 unspecified atom stereocenters. The van der Waals surface area contributed by atoms with Crippen molar-refractivity contribution in [1.82, 2.24) is 25.1 Å². The number of hydrogen-bond acceptors (Lipinski definition) is 5. The van der Waals surface area contributed by atoms with Crippen molar-refractivity contribution in [2.75, 3.05) is 5.75 Å². The number of aromatic nitrogens is 4. The van der Waals surface area contributed by atoms with E-state index in [2.05, 4.69) is 20.5 Å². The predicted octanol–water partition coefficient (Wildman–Crippen LogP) is 4.19. The molecule has 0 saturated heterocycles. The van der Waals surface area contributed by atoms with Crippen LogP contribution in [0.4, 0.5) is 4.39 Å². The Bertz CT molecular complexity index is 1160. The first kappa shape index (κ1) is 20.7. The average Bonchev–Trinajstić information content (AvgIpc) is 3.22. The molecule has 31 heavy (non-hydrogen) atoms. The first-order valence-electron chi connectivity index (χ1n) is 9.67. The number of halogens is 1. The van der Waals surface area contributed by atoms with Crippen LogP contribution in [0.5, 0.6) is 0 Å². The van der Waals surface area contributed by atoms with Crippen LogP contribution >= 0.6 is 11.8 Å². The van der Waals surface area contributed by atoms with Crippen LogP contribution in [0.2, 0.25) is 0 Å². The van der Waals surface area contributed by atoms with Crippen LogP contribution in [-0.4, -0.2) is 31.4 Å². The van der Waals surface area contributed by atoms with E-state index in [4.69, 9.17) is 0 Å². The van der Waals surface area contributed by atoms with Gasteiger partial charge in [0.05, 0.1) is 5.75 Å². The maximum absolute atomic E-state index is 13.0. The zero-order valence-electron chi connectivity index (χ0n) is 16.8. The van der Waals surface area contributed by atoms with Crippen LogP contribution in [0.3, 0.4) is 0 Å². The molecule has 0 aliphatic carbocycles. The third-order valence-electron chi connectivity index (χ3n) is 4.60. The van der Waals surface area contributed by atoms with Crippen molar-refractivity contribution >= 4 is 17.7 Å². The molecule has 156 valence electrons. The van der Waals surface area contributed by atoms with Gasteiger partial charge in [0.25, 0.3) is 0 Å². The molecule has 0 atom stereocenters. The molecule has 2 aromatic carbocycles. The number of carbonyl (C=O) groups excluding carboxylic acids is 1. The Balaban J connectivity index is 1.51. The predicted molar refractivity (Wildman–Crippen MR) is 118 cm³/mol. The van der Waals surface area contributed by atoms with Crippen molar-refractivity contribution in [2.45, 2.75) is 18.6 Å². The van der Waals surface area contributed by atoms with Crippen molar-refractivity contribution < 1.29 is 9.18 Å². The highest BCUT2D eigenvalue weighted by Crippen LogP contribution is 2.27. The zero-order valence-corrected chi connectivity index (χ0v) is 17.6. The van der Waals surface area contributed by atoms with E-state index < -0.39 is 0 Å². The van der Waals surface area contributed by atoms with Gasteiger partial charge in [0.1, 0.15) is 5.82 Å². The summed E-state index contributed by atoms with van der Waals surface area (Å²) in [5, 5.41) is 12.2. The van der Waals surface area contributed by atoms with Crippen LogP contribution < -0.4 is 5.32 Å². The smallest absolute Gasteiger partial charge is 0.230 e. The maximum Gasteiger partial charge on any atom is 0.230 e. The summed E-state index contributed by atoms with van der Waals surface area (Å²) in [6, 6.07) is 17.9. The normalized spacial score (nSPS) is 10.8. The number of aryl methyl sites for hydroxylation is 1. The summed E-state index contributed by atoms with van der Waals surface area (Å²) >= 11 is 1.31. The van der Waals surface area contributed by atoms with Crippen molar-refractivity contribution in [1.29, 1.82) is 0 Å². The van der Waals surface area contributed by atoms with E-state index >= 15 is 0 Å². The summed E-state index contributed by atoms with van der Waals surface area (Å²) in [7, 11) is 0. The van der Waals surface area contributed by atoms with Crippen molar-refractivity contribution in [2.24, 2.45) is 0 Å². The minimum atomic E-state index is -0.300. The molecule has 1 amide bonds. The van der Waals surface area contributed by atoms with Gasteiger partial charge in [-0.1, -0.05) is 41.6 Å². The quantitative estimate of drug-likeness (QED) is 0.443. The Labute approximate surface area is 183 Å². The second kappa shape index (κ2) is 9.53. The highest BCUT2D eigenvalue weighted by atomic mass is 32.2. The standard InChI is InChI=1S/C23H20FN5OS/c1-16-2-8-20(9-3-16)29-22(18-10-12-25-13-11-18)27-28-23(29)31-15-21(30)26-14-17-4-6-19(24)7-5-17/h2-13H,14-15H2,1H3,(H,26,30). The molecule has 0 fully saturated rings. The summed E-state index contributed by atoms with van der Waals surface area (Å²) in [6.45, 7) is 2.37. The van der Waals surface area contributed by atoms with Gasteiger partial charge < -0.3 is 5.32 Å². The molecule has 4 rings (SSSR count). The number of benzene rings is 2. The van der Waals surface area contributed by atoms with Crippen molar-refractivity contribution in [3.63, 3.8) is 0 Å². The minimum Gasteiger partial charge on any atom is -0.351 e. The Kier molecular flexibility index (Phi) is 6.37. The zero-order chi connectivity index (χ0) is 21.6. The van der Waals surface area contributed by atoms with Crippen LogP contribution in [0.25, 0.3) is 17.1 Å². The molecule has 0 saturated carbocycles. The molecule has 0 aliphatic rings. The lowest BCUT2D eigenvalue weighted by molar-refractivity contribution is -0.118. The highest BCUT2D eigenvalue weighted by Gasteiger charge is 2.17. The Morgan fingerprint density at radius 1 is 1.00 bits per heavy atom. The van der Waals surface area contributed by atoms with E-state index in [1.54, 1.807) is 24.5 Å². The van der Waals surface area contributed by atoms with Gasteiger partial charge in [-0.3, -0.25) is 14.3 Å². The molecule has 1 N–H and O–H groups in total. The topological polar surface area (TPSA) is 72.7 Å². The van der Waals surface area contributed by atoms with Gasteiger partial charge in [-0.2, -0.15) is 0 Å². The molecule has 6 nitrogen and oxygen atoms in total. The molecule has 2 heterocycles. The first-order chi connectivity index (χ1) is 15.1. The number of nitrogens with one attached hydrogen (secondary N) is 1. The lowest BCUT2D eigenvalue weighted by Gasteiger charge is -2.11. The van der Waals surface area contributed by atoms with E-state index in [-0.39, 0.29) is 17.5 Å². The number of amides is 1. The fourth-order valence-corrected chi connectivity index (χ4v) is 3.74.